The van der Waals surface area contributed by atoms with Crippen LogP contribution in [0.2, 0.25) is 15.2 Å². The topological polar surface area (TPSA) is 101 Å². The van der Waals surface area contributed by atoms with Gasteiger partial charge in [0.2, 0.25) is 0 Å². The molecule has 190 valence electrons. The molecule has 4 aromatic rings. The van der Waals surface area contributed by atoms with Crippen LogP contribution in [0.3, 0.4) is 0 Å². The summed E-state index contributed by atoms with van der Waals surface area (Å²) in [6.45, 7) is -0.598. The zero-order chi connectivity index (χ0) is 26.6. The van der Waals surface area contributed by atoms with Crippen molar-refractivity contribution in [1.82, 2.24) is 10.4 Å². The molecule has 37 heavy (non-hydrogen) atoms. The Bertz CT molecular complexity index is 1600. The van der Waals surface area contributed by atoms with Gasteiger partial charge >= 0.3 is 0 Å². The number of hydrogen-bond acceptors (Lipinski definition) is 6. The molecule has 1 amide bonds. The highest BCUT2D eigenvalue weighted by atomic mass is 35.5. The molecule has 4 rings (SSSR count). The molecule has 0 saturated heterocycles. The van der Waals surface area contributed by atoms with Crippen LogP contribution in [0.25, 0.3) is 10.9 Å². The number of fused-ring (bicyclic) bond motifs is 1. The molecule has 1 heterocycles. The molecule has 0 aliphatic heterocycles. The molecule has 1 aromatic heterocycles. The average Bonchev–Trinajstić information content (AvgIpc) is 2.88. The second-order valence-corrected chi connectivity index (χ2v) is 10.7. The van der Waals surface area contributed by atoms with Gasteiger partial charge in [0.25, 0.3) is 15.9 Å². The van der Waals surface area contributed by atoms with Gasteiger partial charge in [-0.3, -0.25) is 9.10 Å². The smallest absolute Gasteiger partial charge is 0.264 e. The average molecular weight is 578 g/mol. The fraction of sp³-hybridized carbons (Fsp3) is 0.0800. The minimum atomic E-state index is -4.15. The molecule has 0 aliphatic carbocycles. The van der Waals surface area contributed by atoms with E-state index >= 15 is 0 Å². The van der Waals surface area contributed by atoms with Crippen molar-refractivity contribution in [3.05, 3.63) is 93.6 Å². The van der Waals surface area contributed by atoms with Gasteiger partial charge in [-0.25, -0.2) is 18.8 Å². The number of methoxy groups -OCH3 is 1. The maximum absolute atomic E-state index is 13.4. The Morgan fingerprint density at radius 2 is 1.81 bits per heavy atom. The minimum Gasteiger partial charge on any atom is -0.497 e. The lowest BCUT2D eigenvalue weighted by Crippen LogP contribution is -2.39. The number of amides is 1. The second-order valence-electron chi connectivity index (χ2n) is 7.64. The van der Waals surface area contributed by atoms with E-state index in [1.54, 1.807) is 43.5 Å². The Balaban J connectivity index is 1.57. The highest BCUT2D eigenvalue weighted by Crippen LogP contribution is 2.32. The third kappa shape index (κ3) is 6.14. The summed E-state index contributed by atoms with van der Waals surface area (Å²) in [6, 6.07) is 19.1. The van der Waals surface area contributed by atoms with Crippen LogP contribution < -0.4 is 14.5 Å². The van der Waals surface area contributed by atoms with E-state index < -0.39 is 22.5 Å². The number of carbonyl (C=O) groups is 1. The van der Waals surface area contributed by atoms with Gasteiger partial charge in [0, 0.05) is 22.0 Å². The zero-order valence-electron chi connectivity index (χ0n) is 19.2. The maximum atomic E-state index is 13.4. The Morgan fingerprint density at radius 3 is 2.51 bits per heavy atom. The van der Waals surface area contributed by atoms with Crippen LogP contribution in [0.1, 0.15) is 5.56 Å². The van der Waals surface area contributed by atoms with Gasteiger partial charge in [0.15, 0.2) is 0 Å². The van der Waals surface area contributed by atoms with E-state index in [4.69, 9.17) is 39.5 Å². The molecule has 0 bridgehead atoms. The number of anilines is 1. The molecular weight excluding hydrogens is 559 g/mol. The van der Waals surface area contributed by atoms with Crippen LogP contribution in [-0.4, -0.2) is 39.2 Å². The Morgan fingerprint density at radius 1 is 1.05 bits per heavy atom. The van der Waals surface area contributed by atoms with Crippen LogP contribution in [-0.2, 0) is 14.8 Å². The fourth-order valence-corrected chi connectivity index (χ4v) is 5.62. The van der Waals surface area contributed by atoms with Gasteiger partial charge in [-0.05, 0) is 48.5 Å². The number of pyridine rings is 1. The van der Waals surface area contributed by atoms with Gasteiger partial charge in [-0.2, -0.15) is 5.10 Å². The lowest BCUT2D eigenvalue weighted by Gasteiger charge is -2.24. The van der Waals surface area contributed by atoms with Crippen molar-refractivity contribution in [2.75, 3.05) is 18.0 Å². The summed E-state index contributed by atoms with van der Waals surface area (Å²) in [5.74, 6) is -0.0723. The van der Waals surface area contributed by atoms with Crippen molar-refractivity contribution >= 4 is 73.5 Å². The van der Waals surface area contributed by atoms with E-state index in [0.717, 1.165) is 9.69 Å². The molecule has 12 heteroatoms. The first-order valence-electron chi connectivity index (χ1n) is 10.7. The van der Waals surface area contributed by atoms with E-state index in [0.29, 0.717) is 21.9 Å². The summed E-state index contributed by atoms with van der Waals surface area (Å²) in [6.07, 6.45) is 1.32. The number of halogens is 3. The van der Waals surface area contributed by atoms with Gasteiger partial charge in [-0.1, -0.05) is 53.0 Å². The zero-order valence-corrected chi connectivity index (χ0v) is 22.3. The first-order chi connectivity index (χ1) is 17.7. The highest BCUT2D eigenvalue weighted by Gasteiger charge is 2.28. The van der Waals surface area contributed by atoms with Gasteiger partial charge < -0.3 is 4.74 Å². The fourth-order valence-electron chi connectivity index (χ4n) is 3.40. The molecule has 0 atom stereocenters. The van der Waals surface area contributed by atoms with Crippen LogP contribution in [0, 0.1) is 0 Å². The van der Waals surface area contributed by atoms with E-state index in [1.165, 1.54) is 36.5 Å². The number of rotatable bonds is 8. The third-order valence-electron chi connectivity index (χ3n) is 5.20. The van der Waals surface area contributed by atoms with E-state index in [-0.39, 0.29) is 20.8 Å². The number of nitrogens with zero attached hydrogens (tertiary/aromatic N) is 3. The quantitative estimate of drug-likeness (QED) is 0.168. The predicted octanol–water partition coefficient (Wildman–Crippen LogP) is 5.55. The summed E-state index contributed by atoms with van der Waals surface area (Å²) in [5, 5.41) is 5.27. The standard InChI is InChI=1S/C25H19Cl3N4O4S/c1-36-19-9-7-16-11-17(25(28)30-22(16)13-19)14-29-31-24(33)15-32(23-10-8-18(26)12-21(23)27)37(34,35)20-5-3-2-4-6-20/h2-14H,15H2,1H3,(H,31,33)/b29-14-. The lowest BCUT2D eigenvalue weighted by atomic mass is 10.1. The normalized spacial score (nSPS) is 11.6. The molecule has 8 nitrogen and oxygen atoms in total. The molecule has 0 saturated carbocycles. The van der Waals surface area contributed by atoms with Crippen molar-refractivity contribution in [1.29, 1.82) is 0 Å². The Kier molecular flexibility index (Phi) is 8.19. The van der Waals surface area contributed by atoms with Gasteiger partial charge in [-0.15, -0.1) is 0 Å². The number of aromatic nitrogens is 1. The van der Waals surface area contributed by atoms with Gasteiger partial charge in [0.1, 0.15) is 17.4 Å². The number of benzene rings is 3. The third-order valence-corrected chi connectivity index (χ3v) is 7.81. The Labute approximate surface area is 228 Å². The monoisotopic (exact) mass is 576 g/mol. The van der Waals surface area contributed by atoms with E-state index in [9.17, 15) is 13.2 Å². The van der Waals surface area contributed by atoms with Crippen LogP contribution >= 0.6 is 34.8 Å². The van der Waals surface area contributed by atoms with Crippen LogP contribution in [0.15, 0.2) is 82.8 Å². The maximum Gasteiger partial charge on any atom is 0.264 e. The van der Waals surface area contributed by atoms with E-state index in [1.807, 2.05) is 6.07 Å². The molecular formula is C25H19Cl3N4O4S. The van der Waals surface area contributed by atoms with Crippen molar-refractivity contribution in [3.63, 3.8) is 0 Å². The highest BCUT2D eigenvalue weighted by molar-refractivity contribution is 7.92. The van der Waals surface area contributed by atoms with E-state index in [2.05, 4.69) is 15.5 Å². The number of nitrogens with one attached hydrogen (secondary N) is 1. The number of sulfonamides is 1. The minimum absolute atomic E-state index is 0.0111. The molecule has 0 unspecified atom stereocenters. The van der Waals surface area contributed by atoms with Crippen molar-refractivity contribution < 1.29 is 17.9 Å². The summed E-state index contributed by atoms with van der Waals surface area (Å²) >= 11 is 18.5. The number of ether oxygens (including phenoxy) is 1. The first-order valence-corrected chi connectivity index (χ1v) is 13.3. The summed E-state index contributed by atoms with van der Waals surface area (Å²) in [4.78, 5) is 17.1. The van der Waals surface area contributed by atoms with Crippen molar-refractivity contribution in [3.8, 4) is 5.75 Å². The number of hydrogen-bond donors (Lipinski definition) is 1. The molecule has 0 spiro atoms. The first kappa shape index (κ1) is 26.7. The largest absolute Gasteiger partial charge is 0.497 e. The van der Waals surface area contributed by atoms with Crippen molar-refractivity contribution in [2.45, 2.75) is 4.90 Å². The molecule has 1 N–H and O–H groups in total. The summed E-state index contributed by atoms with van der Waals surface area (Å²) in [5.41, 5.74) is 3.50. The van der Waals surface area contributed by atoms with Crippen molar-refractivity contribution in [2.24, 2.45) is 5.10 Å². The van der Waals surface area contributed by atoms with Gasteiger partial charge in [0.05, 0.1) is 34.4 Å². The summed E-state index contributed by atoms with van der Waals surface area (Å²) < 4.78 is 32.9. The molecule has 0 radical (unpaired) electrons. The molecule has 3 aromatic carbocycles. The lowest BCUT2D eigenvalue weighted by molar-refractivity contribution is -0.119. The van der Waals surface area contributed by atoms with Crippen LogP contribution in [0.5, 0.6) is 5.75 Å². The number of hydrazone groups is 1. The number of carbonyl (C=O) groups excluding carboxylic acids is 1. The molecule has 0 fully saturated rings. The SMILES string of the molecule is COc1ccc2cc(/C=N\NC(=O)CN(c3ccc(Cl)cc3Cl)S(=O)(=O)c3ccccc3)c(Cl)nc2c1. The van der Waals surface area contributed by atoms with Crippen LogP contribution in [0.4, 0.5) is 5.69 Å². The molecule has 0 aliphatic rings. The second kappa shape index (κ2) is 11.4. The summed E-state index contributed by atoms with van der Waals surface area (Å²) in [7, 11) is -2.59. The predicted molar refractivity (Wildman–Crippen MR) is 146 cm³/mol. The Hall–Kier alpha value is -3.37.